The van der Waals surface area contributed by atoms with E-state index in [-0.39, 0.29) is 5.38 Å². The quantitative estimate of drug-likeness (QED) is 0.745. The SMILES string of the molecule is CC(Cl)CC(C)c1c(Cl)cnn1CCN(C)C. The van der Waals surface area contributed by atoms with Crippen molar-refractivity contribution in [3.05, 3.63) is 16.9 Å². The van der Waals surface area contributed by atoms with Gasteiger partial charge < -0.3 is 4.90 Å². The van der Waals surface area contributed by atoms with Crippen LogP contribution in [0.15, 0.2) is 6.20 Å². The highest BCUT2D eigenvalue weighted by atomic mass is 35.5. The average molecular weight is 278 g/mol. The standard InChI is InChI=1S/C12H21Cl2N3/c1-9(7-10(2)13)12-11(14)8-15-17(12)6-5-16(3)4/h8-10H,5-7H2,1-4H3. The lowest BCUT2D eigenvalue weighted by Crippen LogP contribution is -2.21. The first kappa shape index (κ1) is 14.8. The maximum absolute atomic E-state index is 6.20. The molecule has 0 radical (unpaired) electrons. The van der Waals surface area contributed by atoms with Crippen molar-refractivity contribution in [2.45, 2.75) is 38.1 Å². The summed E-state index contributed by atoms with van der Waals surface area (Å²) in [4.78, 5) is 2.13. The molecule has 98 valence electrons. The molecule has 0 aliphatic heterocycles. The van der Waals surface area contributed by atoms with Crippen molar-refractivity contribution in [3.8, 4) is 0 Å². The first-order valence-electron chi connectivity index (χ1n) is 5.91. The van der Waals surface area contributed by atoms with Gasteiger partial charge in [0.25, 0.3) is 0 Å². The Balaban J connectivity index is 2.78. The van der Waals surface area contributed by atoms with E-state index in [2.05, 4.69) is 31.0 Å². The van der Waals surface area contributed by atoms with Crippen LogP contribution >= 0.6 is 23.2 Å². The topological polar surface area (TPSA) is 21.1 Å². The van der Waals surface area contributed by atoms with E-state index in [1.54, 1.807) is 6.20 Å². The van der Waals surface area contributed by atoms with Crippen LogP contribution in [0.25, 0.3) is 0 Å². The number of alkyl halides is 1. The average Bonchev–Trinajstić information content (AvgIpc) is 2.55. The molecule has 1 aromatic rings. The van der Waals surface area contributed by atoms with E-state index in [1.807, 2.05) is 11.6 Å². The Morgan fingerprint density at radius 2 is 2.06 bits per heavy atom. The number of aromatic nitrogens is 2. The lowest BCUT2D eigenvalue weighted by molar-refractivity contribution is 0.366. The Bertz CT molecular complexity index is 348. The summed E-state index contributed by atoms with van der Waals surface area (Å²) in [5.41, 5.74) is 1.10. The van der Waals surface area contributed by atoms with Crippen molar-refractivity contribution in [3.63, 3.8) is 0 Å². The summed E-state index contributed by atoms with van der Waals surface area (Å²) >= 11 is 12.2. The van der Waals surface area contributed by atoms with Crippen molar-refractivity contribution in [1.82, 2.24) is 14.7 Å². The molecular formula is C12H21Cl2N3. The Morgan fingerprint density at radius 3 is 2.59 bits per heavy atom. The van der Waals surface area contributed by atoms with Crippen LogP contribution in [0.1, 0.15) is 31.9 Å². The van der Waals surface area contributed by atoms with Crippen molar-refractivity contribution in [2.24, 2.45) is 0 Å². The number of rotatable bonds is 6. The molecule has 0 saturated heterocycles. The second kappa shape index (κ2) is 6.62. The third-order valence-corrected chi connectivity index (χ3v) is 3.21. The van der Waals surface area contributed by atoms with Gasteiger partial charge in [-0.05, 0) is 27.4 Å². The monoisotopic (exact) mass is 277 g/mol. The fourth-order valence-electron chi connectivity index (χ4n) is 1.93. The van der Waals surface area contributed by atoms with Gasteiger partial charge in [-0.15, -0.1) is 11.6 Å². The molecule has 1 heterocycles. The van der Waals surface area contributed by atoms with E-state index in [1.165, 1.54) is 0 Å². The third-order valence-electron chi connectivity index (χ3n) is 2.74. The van der Waals surface area contributed by atoms with Crippen molar-refractivity contribution in [1.29, 1.82) is 0 Å². The van der Waals surface area contributed by atoms with Gasteiger partial charge in [0.15, 0.2) is 0 Å². The fourth-order valence-corrected chi connectivity index (χ4v) is 2.53. The summed E-state index contributed by atoms with van der Waals surface area (Å²) in [6.45, 7) is 5.96. The molecule has 0 aromatic carbocycles. The maximum atomic E-state index is 6.20. The molecule has 1 aromatic heterocycles. The molecule has 2 unspecified atom stereocenters. The summed E-state index contributed by atoms with van der Waals surface area (Å²) in [7, 11) is 4.10. The van der Waals surface area contributed by atoms with Gasteiger partial charge in [0.05, 0.1) is 23.5 Å². The minimum Gasteiger partial charge on any atom is -0.308 e. The summed E-state index contributed by atoms with van der Waals surface area (Å²) in [5.74, 6) is 0.333. The second-order valence-electron chi connectivity index (χ2n) is 4.82. The summed E-state index contributed by atoms with van der Waals surface area (Å²) in [5, 5.41) is 5.23. The molecule has 0 bridgehead atoms. The van der Waals surface area contributed by atoms with Crippen LogP contribution in [0.3, 0.4) is 0 Å². The predicted molar refractivity (Wildman–Crippen MR) is 74.1 cm³/mol. The second-order valence-corrected chi connectivity index (χ2v) is 5.97. The van der Waals surface area contributed by atoms with Gasteiger partial charge in [-0.25, -0.2) is 0 Å². The van der Waals surface area contributed by atoms with Crippen molar-refractivity contribution < 1.29 is 0 Å². The van der Waals surface area contributed by atoms with Gasteiger partial charge in [0.2, 0.25) is 0 Å². The van der Waals surface area contributed by atoms with Gasteiger partial charge in [0, 0.05) is 17.8 Å². The molecule has 1 rings (SSSR count). The van der Waals surface area contributed by atoms with Crippen molar-refractivity contribution in [2.75, 3.05) is 20.6 Å². The lowest BCUT2D eigenvalue weighted by Gasteiger charge is -2.17. The molecule has 5 heteroatoms. The Hall–Kier alpha value is -0.250. The lowest BCUT2D eigenvalue weighted by atomic mass is 10.0. The number of hydrogen-bond acceptors (Lipinski definition) is 2. The zero-order valence-electron chi connectivity index (χ0n) is 11.0. The minimum atomic E-state index is 0.151. The summed E-state index contributed by atoms with van der Waals surface area (Å²) in [6.07, 6.45) is 2.64. The van der Waals surface area contributed by atoms with E-state index in [9.17, 15) is 0 Å². The zero-order chi connectivity index (χ0) is 13.0. The minimum absolute atomic E-state index is 0.151. The van der Waals surface area contributed by atoms with E-state index in [4.69, 9.17) is 23.2 Å². The Morgan fingerprint density at radius 1 is 1.41 bits per heavy atom. The highest BCUT2D eigenvalue weighted by Gasteiger charge is 2.17. The Labute approximate surface area is 114 Å². The van der Waals surface area contributed by atoms with Crippen LogP contribution in [0, 0.1) is 0 Å². The molecular weight excluding hydrogens is 257 g/mol. The first-order valence-corrected chi connectivity index (χ1v) is 6.73. The summed E-state index contributed by atoms with van der Waals surface area (Å²) < 4.78 is 1.99. The largest absolute Gasteiger partial charge is 0.308 e. The number of halogens is 2. The van der Waals surface area contributed by atoms with E-state index >= 15 is 0 Å². The number of hydrogen-bond donors (Lipinski definition) is 0. The number of likely N-dealkylation sites (N-methyl/N-ethyl adjacent to an activating group) is 1. The summed E-state index contributed by atoms with van der Waals surface area (Å²) in [6, 6.07) is 0. The normalized spacial score (nSPS) is 15.2. The molecule has 0 fully saturated rings. The predicted octanol–water partition coefficient (Wildman–Crippen LogP) is 3.22. The van der Waals surface area contributed by atoms with Crippen LogP contribution in [0.4, 0.5) is 0 Å². The Kier molecular flexibility index (Phi) is 5.77. The molecule has 3 nitrogen and oxygen atoms in total. The molecule has 0 aliphatic carbocycles. The molecule has 0 spiro atoms. The molecule has 0 aliphatic rings. The third kappa shape index (κ3) is 4.49. The highest BCUT2D eigenvalue weighted by molar-refractivity contribution is 6.31. The van der Waals surface area contributed by atoms with Crippen LogP contribution in [0.5, 0.6) is 0 Å². The highest BCUT2D eigenvalue weighted by Crippen LogP contribution is 2.28. The van der Waals surface area contributed by atoms with Gasteiger partial charge in [-0.3, -0.25) is 4.68 Å². The van der Waals surface area contributed by atoms with E-state index in [0.29, 0.717) is 5.92 Å². The zero-order valence-corrected chi connectivity index (χ0v) is 12.5. The molecule has 0 N–H and O–H groups in total. The van der Waals surface area contributed by atoms with Crippen LogP contribution in [-0.2, 0) is 6.54 Å². The van der Waals surface area contributed by atoms with Gasteiger partial charge in [-0.2, -0.15) is 5.10 Å². The van der Waals surface area contributed by atoms with Crippen LogP contribution < -0.4 is 0 Å². The number of nitrogens with zero attached hydrogens (tertiary/aromatic N) is 3. The van der Waals surface area contributed by atoms with Crippen LogP contribution in [0.2, 0.25) is 5.02 Å². The van der Waals surface area contributed by atoms with E-state index in [0.717, 1.165) is 30.2 Å². The first-order chi connectivity index (χ1) is 7.91. The van der Waals surface area contributed by atoms with Crippen LogP contribution in [-0.4, -0.2) is 40.7 Å². The fraction of sp³-hybridized carbons (Fsp3) is 0.750. The molecule has 17 heavy (non-hydrogen) atoms. The smallest absolute Gasteiger partial charge is 0.0820 e. The maximum Gasteiger partial charge on any atom is 0.0820 e. The molecule has 0 saturated carbocycles. The van der Waals surface area contributed by atoms with Crippen molar-refractivity contribution >= 4 is 23.2 Å². The van der Waals surface area contributed by atoms with Gasteiger partial charge in [-0.1, -0.05) is 18.5 Å². The van der Waals surface area contributed by atoms with Gasteiger partial charge >= 0.3 is 0 Å². The van der Waals surface area contributed by atoms with E-state index < -0.39 is 0 Å². The molecule has 0 amide bonds. The van der Waals surface area contributed by atoms with Gasteiger partial charge in [0.1, 0.15) is 0 Å². The molecule has 2 atom stereocenters.